The molecule has 0 bridgehead atoms. The number of hydrogen-bond acceptors (Lipinski definition) is 3. The van der Waals surface area contributed by atoms with E-state index in [0.717, 1.165) is 18.5 Å². The summed E-state index contributed by atoms with van der Waals surface area (Å²) in [7, 11) is 0. The molecule has 0 aliphatic heterocycles. The Labute approximate surface area is 108 Å². The fourth-order valence-electron chi connectivity index (χ4n) is 1.54. The van der Waals surface area contributed by atoms with Crippen LogP contribution in [0.4, 0.5) is 0 Å². The highest BCUT2D eigenvalue weighted by Gasteiger charge is 2.05. The van der Waals surface area contributed by atoms with E-state index >= 15 is 0 Å². The Balaban J connectivity index is 2.17. The lowest BCUT2D eigenvalue weighted by Gasteiger charge is -2.11. The van der Waals surface area contributed by atoms with Crippen LogP contribution in [0.1, 0.15) is 44.7 Å². The van der Waals surface area contributed by atoms with Gasteiger partial charge in [0.05, 0.1) is 12.3 Å². The van der Waals surface area contributed by atoms with Crippen molar-refractivity contribution < 1.29 is 9.84 Å². The van der Waals surface area contributed by atoms with E-state index in [1.165, 1.54) is 12.8 Å². The van der Waals surface area contributed by atoms with Gasteiger partial charge in [0.2, 0.25) is 0 Å². The van der Waals surface area contributed by atoms with Gasteiger partial charge in [-0.3, -0.25) is 0 Å². The van der Waals surface area contributed by atoms with E-state index < -0.39 is 6.29 Å². The zero-order valence-corrected chi connectivity index (χ0v) is 11.0. The lowest BCUT2D eigenvalue weighted by molar-refractivity contribution is -0.113. The van der Waals surface area contributed by atoms with Gasteiger partial charge in [-0.25, -0.2) is 4.98 Å². The lowest BCUT2D eigenvalue weighted by Crippen LogP contribution is -2.12. The van der Waals surface area contributed by atoms with Gasteiger partial charge >= 0.3 is 0 Å². The van der Waals surface area contributed by atoms with Gasteiger partial charge in [0.1, 0.15) is 5.15 Å². The van der Waals surface area contributed by atoms with E-state index in [-0.39, 0.29) is 0 Å². The molecule has 0 fully saturated rings. The van der Waals surface area contributed by atoms with Crippen molar-refractivity contribution in [1.82, 2.24) is 4.98 Å². The number of halogens is 1. The normalized spacial score (nSPS) is 12.6. The fraction of sp³-hybridized carbons (Fsp3) is 0.615. The van der Waals surface area contributed by atoms with Crippen molar-refractivity contribution in [2.45, 2.75) is 51.9 Å². The van der Waals surface area contributed by atoms with Crippen LogP contribution in [0.3, 0.4) is 0 Å². The monoisotopic (exact) mass is 257 g/mol. The third-order valence-electron chi connectivity index (χ3n) is 2.50. The molecule has 17 heavy (non-hydrogen) atoms. The topological polar surface area (TPSA) is 42.4 Å². The third-order valence-corrected chi connectivity index (χ3v) is 2.71. The number of aliphatic hydroxyl groups excluding tert-OH is 1. The van der Waals surface area contributed by atoms with Crippen LogP contribution in [-0.4, -0.2) is 16.4 Å². The van der Waals surface area contributed by atoms with Gasteiger partial charge in [0, 0.05) is 0 Å². The molecule has 4 heteroatoms. The first-order valence-corrected chi connectivity index (χ1v) is 6.51. The van der Waals surface area contributed by atoms with Gasteiger partial charge in [-0.05, 0) is 25.0 Å². The molecule has 1 unspecified atom stereocenters. The van der Waals surface area contributed by atoms with Crippen LogP contribution in [0.15, 0.2) is 18.2 Å². The first-order chi connectivity index (χ1) is 8.22. The number of nitrogens with zero attached hydrogens (tertiary/aromatic N) is 1. The number of aliphatic hydroxyl groups is 1. The molecule has 1 heterocycles. The molecule has 96 valence electrons. The highest BCUT2D eigenvalue weighted by atomic mass is 35.5. The molecule has 0 spiro atoms. The van der Waals surface area contributed by atoms with Crippen LogP contribution in [0.5, 0.6) is 0 Å². The zero-order chi connectivity index (χ0) is 12.5. The Morgan fingerprint density at radius 2 is 2.18 bits per heavy atom. The Bertz CT molecular complexity index is 320. The summed E-state index contributed by atoms with van der Waals surface area (Å²) < 4.78 is 5.30. The molecule has 0 aliphatic carbocycles. The Morgan fingerprint density at radius 1 is 1.35 bits per heavy atom. The average molecular weight is 258 g/mol. The summed E-state index contributed by atoms with van der Waals surface area (Å²) in [6.45, 7) is 2.47. The maximum atomic E-state index is 9.60. The van der Waals surface area contributed by atoms with Gasteiger partial charge < -0.3 is 9.84 Å². The minimum absolute atomic E-state index is 0.301. The minimum atomic E-state index is -0.701. The fourth-order valence-corrected chi connectivity index (χ4v) is 1.72. The molecule has 0 aromatic carbocycles. The Kier molecular flexibility index (Phi) is 7.17. The van der Waals surface area contributed by atoms with E-state index in [1.54, 1.807) is 6.07 Å². The largest absolute Gasteiger partial charge is 0.368 e. The highest BCUT2D eigenvalue weighted by Crippen LogP contribution is 2.10. The average Bonchev–Trinajstić information content (AvgIpc) is 2.32. The summed E-state index contributed by atoms with van der Waals surface area (Å²) in [4.78, 5) is 4.08. The molecular weight excluding hydrogens is 238 g/mol. The molecule has 0 amide bonds. The van der Waals surface area contributed by atoms with Crippen molar-refractivity contribution in [2.75, 3.05) is 0 Å². The molecule has 1 atom stereocenters. The Hall–Kier alpha value is -0.640. The maximum absolute atomic E-state index is 9.60. The molecule has 0 aliphatic rings. The minimum Gasteiger partial charge on any atom is -0.368 e. The van der Waals surface area contributed by atoms with Gasteiger partial charge in [-0.2, -0.15) is 0 Å². The van der Waals surface area contributed by atoms with Crippen molar-refractivity contribution in [2.24, 2.45) is 0 Å². The first-order valence-electron chi connectivity index (χ1n) is 6.13. The third kappa shape index (κ3) is 6.61. The summed E-state index contributed by atoms with van der Waals surface area (Å²) >= 11 is 5.75. The molecule has 0 radical (unpaired) electrons. The number of pyridine rings is 1. The quantitative estimate of drug-likeness (QED) is 0.440. The summed E-state index contributed by atoms with van der Waals surface area (Å²) in [6, 6.07) is 5.36. The molecular formula is C13H20ClNO2. The number of ether oxygens (including phenoxy) is 1. The lowest BCUT2D eigenvalue weighted by atomic mass is 10.1. The van der Waals surface area contributed by atoms with Crippen molar-refractivity contribution in [3.8, 4) is 0 Å². The SMILES string of the molecule is CCCCCCC(O)OCc1cccc(Cl)n1. The van der Waals surface area contributed by atoms with E-state index in [4.69, 9.17) is 16.3 Å². The van der Waals surface area contributed by atoms with Crippen LogP contribution in [-0.2, 0) is 11.3 Å². The van der Waals surface area contributed by atoms with E-state index in [0.29, 0.717) is 18.2 Å². The molecule has 1 aromatic rings. The van der Waals surface area contributed by atoms with E-state index in [9.17, 15) is 5.11 Å². The molecule has 1 N–H and O–H groups in total. The van der Waals surface area contributed by atoms with Crippen LogP contribution in [0, 0.1) is 0 Å². The van der Waals surface area contributed by atoms with Gasteiger partial charge in [-0.1, -0.05) is 43.9 Å². The number of rotatable bonds is 8. The standard InChI is InChI=1S/C13H20ClNO2/c1-2-3-4-5-9-13(16)17-10-11-7-6-8-12(14)15-11/h6-8,13,16H,2-5,9-10H2,1H3. The van der Waals surface area contributed by atoms with E-state index in [2.05, 4.69) is 11.9 Å². The number of unbranched alkanes of at least 4 members (excludes halogenated alkanes) is 3. The van der Waals surface area contributed by atoms with Crippen LogP contribution in [0.25, 0.3) is 0 Å². The number of hydrogen-bond donors (Lipinski definition) is 1. The van der Waals surface area contributed by atoms with E-state index in [1.807, 2.05) is 12.1 Å². The predicted octanol–water partition coefficient (Wildman–Crippen LogP) is 3.54. The van der Waals surface area contributed by atoms with Gasteiger partial charge in [-0.15, -0.1) is 0 Å². The molecule has 1 rings (SSSR count). The summed E-state index contributed by atoms with van der Waals surface area (Å²) in [6.07, 6.45) is 4.53. The smallest absolute Gasteiger partial charge is 0.155 e. The van der Waals surface area contributed by atoms with Crippen molar-refractivity contribution in [3.05, 3.63) is 29.0 Å². The molecule has 0 saturated carbocycles. The van der Waals surface area contributed by atoms with Crippen LogP contribution < -0.4 is 0 Å². The molecule has 1 aromatic heterocycles. The van der Waals surface area contributed by atoms with Gasteiger partial charge in [0.15, 0.2) is 6.29 Å². The summed E-state index contributed by atoms with van der Waals surface area (Å²) in [5.74, 6) is 0. The summed E-state index contributed by atoms with van der Waals surface area (Å²) in [5, 5.41) is 10.0. The summed E-state index contributed by atoms with van der Waals surface area (Å²) in [5.41, 5.74) is 0.741. The van der Waals surface area contributed by atoms with Crippen LogP contribution in [0.2, 0.25) is 5.15 Å². The molecule has 3 nitrogen and oxygen atoms in total. The second-order valence-corrected chi connectivity index (χ2v) is 4.45. The van der Waals surface area contributed by atoms with Crippen molar-refractivity contribution in [1.29, 1.82) is 0 Å². The second-order valence-electron chi connectivity index (χ2n) is 4.07. The molecule has 0 saturated heterocycles. The first kappa shape index (κ1) is 14.4. The Morgan fingerprint density at radius 3 is 2.88 bits per heavy atom. The van der Waals surface area contributed by atoms with Crippen molar-refractivity contribution >= 4 is 11.6 Å². The highest BCUT2D eigenvalue weighted by molar-refractivity contribution is 6.29. The zero-order valence-electron chi connectivity index (χ0n) is 10.2. The van der Waals surface area contributed by atoms with Crippen molar-refractivity contribution in [3.63, 3.8) is 0 Å². The predicted molar refractivity (Wildman–Crippen MR) is 68.8 cm³/mol. The van der Waals surface area contributed by atoms with Crippen LogP contribution >= 0.6 is 11.6 Å². The van der Waals surface area contributed by atoms with Gasteiger partial charge in [0.25, 0.3) is 0 Å². The maximum Gasteiger partial charge on any atom is 0.155 e. The number of aromatic nitrogens is 1. The second kappa shape index (κ2) is 8.45.